The van der Waals surface area contributed by atoms with Gasteiger partial charge in [-0.1, -0.05) is 0 Å². The van der Waals surface area contributed by atoms with Crippen molar-refractivity contribution in [2.24, 2.45) is 5.73 Å². The molecule has 0 bridgehead atoms. The van der Waals surface area contributed by atoms with E-state index in [4.69, 9.17) is 5.73 Å². The van der Waals surface area contributed by atoms with Gasteiger partial charge in [-0.2, -0.15) is 0 Å². The van der Waals surface area contributed by atoms with Crippen LogP contribution in [0.2, 0.25) is 0 Å². The summed E-state index contributed by atoms with van der Waals surface area (Å²) in [5.41, 5.74) is 8.79. The van der Waals surface area contributed by atoms with Crippen molar-refractivity contribution in [1.82, 2.24) is 4.90 Å². The molecule has 0 aliphatic heterocycles. The lowest BCUT2D eigenvalue weighted by Crippen LogP contribution is -2.72. The molecule has 0 aliphatic rings. The maximum atomic E-state index is 5.25. The fourth-order valence-corrected chi connectivity index (χ4v) is 0. The molecule has 0 fully saturated rings. The second-order valence-electron chi connectivity index (χ2n) is 1.53. The van der Waals surface area contributed by atoms with Crippen molar-refractivity contribution in [1.29, 1.82) is 0 Å². The molecule has 0 aromatic carbocycles. The van der Waals surface area contributed by atoms with Crippen molar-refractivity contribution in [3.05, 3.63) is 0 Å². The van der Waals surface area contributed by atoms with Gasteiger partial charge in [0, 0.05) is 0 Å². The Bertz CT molecular complexity index is 27.0. The second-order valence-corrected chi connectivity index (χ2v) is 1.53. The normalized spacial score (nSPS) is 15.5. The van der Waals surface area contributed by atoms with E-state index in [2.05, 4.69) is 5.73 Å². The van der Waals surface area contributed by atoms with Crippen molar-refractivity contribution in [2.75, 3.05) is 14.1 Å². The molecule has 0 radical (unpaired) electrons. The Kier molecular flexibility index (Phi) is 2.08. The quantitative estimate of drug-likeness (QED) is 0.367. The Morgan fingerprint density at radius 1 is 1.67 bits per heavy atom. The number of rotatable bonds is 1. The van der Waals surface area contributed by atoms with Crippen LogP contribution in [0.4, 0.5) is 0 Å². The highest BCUT2D eigenvalue weighted by Crippen LogP contribution is 1.63. The van der Waals surface area contributed by atoms with Gasteiger partial charge in [-0.3, -0.25) is 5.73 Å². The molecule has 3 heteroatoms. The lowest BCUT2D eigenvalue weighted by molar-refractivity contribution is -0.451. The van der Waals surface area contributed by atoms with E-state index in [-0.39, 0.29) is 6.29 Å². The van der Waals surface area contributed by atoms with E-state index in [9.17, 15) is 0 Å². The predicted octanol–water partition coefficient (Wildman–Crippen LogP) is -1.97. The van der Waals surface area contributed by atoms with Crippen molar-refractivity contribution in [3.63, 3.8) is 0 Å². The van der Waals surface area contributed by atoms with Gasteiger partial charge in [0.15, 0.2) is 6.29 Å². The Balaban J connectivity index is 2.99. The summed E-state index contributed by atoms with van der Waals surface area (Å²) in [7, 11) is 3.77. The lowest BCUT2D eigenvalue weighted by Gasteiger charge is -2.08. The third-order valence-electron chi connectivity index (χ3n) is 0.663. The van der Waals surface area contributed by atoms with Crippen LogP contribution in [-0.2, 0) is 0 Å². The summed E-state index contributed by atoms with van der Waals surface area (Å²) >= 11 is 0. The van der Waals surface area contributed by atoms with E-state index in [1.54, 1.807) is 0 Å². The zero-order chi connectivity index (χ0) is 5.15. The van der Waals surface area contributed by atoms with Gasteiger partial charge in [0.2, 0.25) is 0 Å². The van der Waals surface area contributed by atoms with Crippen molar-refractivity contribution < 1.29 is 5.73 Å². The summed E-state index contributed by atoms with van der Waals surface area (Å²) in [5.74, 6) is 0. The number of hydrogen-bond donors (Lipinski definition) is 2. The van der Waals surface area contributed by atoms with Crippen LogP contribution in [0.15, 0.2) is 0 Å². The SMILES string of the molecule is CN(C)C(N)[NH3+]. The summed E-state index contributed by atoms with van der Waals surface area (Å²) in [6.07, 6.45) is -0.0648. The maximum absolute atomic E-state index is 5.25. The first kappa shape index (κ1) is 5.88. The highest BCUT2D eigenvalue weighted by Gasteiger charge is 1.95. The van der Waals surface area contributed by atoms with Crippen LogP contribution in [0.1, 0.15) is 0 Å². The summed E-state index contributed by atoms with van der Waals surface area (Å²) in [5, 5.41) is 0. The predicted molar refractivity (Wildman–Crippen MR) is 24.6 cm³/mol. The topological polar surface area (TPSA) is 56.9 Å². The number of nitrogens with two attached hydrogens (primary N) is 1. The third-order valence-corrected chi connectivity index (χ3v) is 0.663. The molecule has 0 aliphatic carbocycles. The molecule has 6 heavy (non-hydrogen) atoms. The first-order chi connectivity index (χ1) is 2.64. The fraction of sp³-hybridized carbons (Fsp3) is 1.00. The van der Waals surface area contributed by atoms with Crippen LogP contribution in [-0.4, -0.2) is 25.3 Å². The second kappa shape index (κ2) is 2.12. The van der Waals surface area contributed by atoms with Gasteiger partial charge in [0.25, 0.3) is 0 Å². The molecule has 0 amide bonds. The van der Waals surface area contributed by atoms with Crippen LogP contribution in [0, 0.1) is 0 Å². The van der Waals surface area contributed by atoms with E-state index < -0.39 is 0 Å². The van der Waals surface area contributed by atoms with E-state index >= 15 is 0 Å². The van der Waals surface area contributed by atoms with Crippen molar-refractivity contribution in [2.45, 2.75) is 6.29 Å². The van der Waals surface area contributed by atoms with Crippen LogP contribution < -0.4 is 11.5 Å². The zero-order valence-corrected chi connectivity index (χ0v) is 4.31. The first-order valence-electron chi connectivity index (χ1n) is 1.89. The van der Waals surface area contributed by atoms with Gasteiger partial charge in [-0.25, -0.2) is 4.90 Å². The van der Waals surface area contributed by atoms with Gasteiger partial charge in [-0.15, -0.1) is 0 Å². The average Bonchev–Trinajstić information content (AvgIpc) is 1.36. The molecule has 0 rings (SSSR count). The Morgan fingerprint density at radius 2 is 1.83 bits per heavy atom. The largest absolute Gasteiger partial charge is 0.330 e. The minimum Gasteiger partial charge on any atom is -0.330 e. The molecular weight excluding hydrogens is 78.1 g/mol. The van der Waals surface area contributed by atoms with E-state index in [0.29, 0.717) is 0 Å². The molecule has 0 saturated carbocycles. The Morgan fingerprint density at radius 3 is 1.83 bits per heavy atom. The molecule has 0 aromatic rings. The van der Waals surface area contributed by atoms with Crippen LogP contribution in [0.25, 0.3) is 0 Å². The molecule has 3 nitrogen and oxygen atoms in total. The van der Waals surface area contributed by atoms with Crippen LogP contribution in [0.5, 0.6) is 0 Å². The average molecular weight is 90.2 g/mol. The number of nitrogens with zero attached hydrogens (tertiary/aromatic N) is 1. The van der Waals surface area contributed by atoms with Gasteiger partial charge in [0.05, 0.1) is 0 Å². The minimum atomic E-state index is -0.0648. The van der Waals surface area contributed by atoms with Gasteiger partial charge in [0.1, 0.15) is 0 Å². The molecule has 5 N–H and O–H groups in total. The van der Waals surface area contributed by atoms with Crippen molar-refractivity contribution in [3.8, 4) is 0 Å². The minimum absolute atomic E-state index is 0.0648. The fourth-order valence-electron chi connectivity index (χ4n) is 0. The maximum Gasteiger partial charge on any atom is 0.194 e. The Hall–Kier alpha value is -0.120. The first-order valence-corrected chi connectivity index (χ1v) is 1.89. The van der Waals surface area contributed by atoms with Gasteiger partial charge >= 0.3 is 0 Å². The van der Waals surface area contributed by atoms with Crippen LogP contribution >= 0.6 is 0 Å². The van der Waals surface area contributed by atoms with Gasteiger partial charge in [-0.05, 0) is 14.1 Å². The molecule has 0 saturated heterocycles. The lowest BCUT2D eigenvalue weighted by atomic mass is 10.8. The highest BCUT2D eigenvalue weighted by atomic mass is 15.2. The van der Waals surface area contributed by atoms with Crippen LogP contribution in [0.3, 0.4) is 0 Å². The summed E-state index contributed by atoms with van der Waals surface area (Å²) in [6.45, 7) is 0. The van der Waals surface area contributed by atoms with Gasteiger partial charge < -0.3 is 5.73 Å². The standard InChI is InChI=1S/C3H11N3/c1-6(2)3(4)5/h3H,4-5H2,1-2H3/p+1. The monoisotopic (exact) mass is 90.1 g/mol. The third kappa shape index (κ3) is 2.14. The summed E-state index contributed by atoms with van der Waals surface area (Å²) in [4.78, 5) is 1.83. The molecule has 38 valence electrons. The van der Waals surface area contributed by atoms with Crippen molar-refractivity contribution >= 4 is 0 Å². The summed E-state index contributed by atoms with van der Waals surface area (Å²) in [6, 6.07) is 0. The zero-order valence-electron chi connectivity index (χ0n) is 4.31. The molecule has 1 unspecified atom stereocenters. The van der Waals surface area contributed by atoms with E-state index in [1.165, 1.54) is 0 Å². The Labute approximate surface area is 37.9 Å². The molecule has 0 spiro atoms. The van der Waals surface area contributed by atoms with E-state index in [1.807, 2.05) is 19.0 Å². The molecule has 0 heterocycles. The summed E-state index contributed by atoms with van der Waals surface area (Å²) < 4.78 is 0. The smallest absolute Gasteiger partial charge is 0.194 e. The van der Waals surface area contributed by atoms with E-state index in [0.717, 1.165) is 0 Å². The number of hydrogen-bond acceptors (Lipinski definition) is 2. The highest BCUT2D eigenvalue weighted by molar-refractivity contribution is 4.31. The molecule has 1 atom stereocenters. The molecular formula is C3H12N3+. The molecule has 0 aromatic heterocycles. The number of quaternary nitrogens is 1.